The van der Waals surface area contributed by atoms with Gasteiger partial charge in [0, 0.05) is 0 Å². The van der Waals surface area contributed by atoms with Crippen LogP contribution in [0, 0.1) is 0 Å². The molecule has 0 bridgehead atoms. The first-order valence-electron chi connectivity index (χ1n) is 7.95. The molecule has 0 amide bonds. The predicted molar refractivity (Wildman–Crippen MR) is 90.1 cm³/mol. The van der Waals surface area contributed by atoms with Crippen molar-refractivity contribution in [2.75, 3.05) is 0 Å². The summed E-state index contributed by atoms with van der Waals surface area (Å²) in [6.07, 6.45) is 5.03. The number of aryl methyl sites for hydroxylation is 1. The normalized spacial score (nSPS) is 11.0. The van der Waals surface area contributed by atoms with Crippen molar-refractivity contribution in [1.29, 1.82) is 0 Å². The standard InChI is InChI=1S/C18H22O5S.K/c1-2-3-4-5-7-14-10-11-17(18(12-14)24(20,21)22)23-16-9-6-8-15(19)13-16;/h6,8-13,19H,2-5,7H2,1H3,(H,20,21,22);/q;+1/p-1. The molecule has 0 saturated carbocycles. The van der Waals surface area contributed by atoms with Gasteiger partial charge in [-0.15, -0.1) is 5.75 Å². The third kappa shape index (κ3) is 7.38. The van der Waals surface area contributed by atoms with Gasteiger partial charge in [0.1, 0.15) is 16.4 Å². The molecule has 7 heteroatoms. The van der Waals surface area contributed by atoms with Crippen molar-refractivity contribution in [2.24, 2.45) is 0 Å². The zero-order valence-electron chi connectivity index (χ0n) is 14.6. The molecule has 1 N–H and O–H groups in total. The van der Waals surface area contributed by atoms with Gasteiger partial charge in [-0.3, -0.25) is 4.55 Å². The molecule has 2 aromatic carbocycles. The van der Waals surface area contributed by atoms with Crippen molar-refractivity contribution >= 4 is 10.1 Å². The molecule has 0 radical (unpaired) electrons. The van der Waals surface area contributed by atoms with Crippen molar-refractivity contribution < 1.29 is 74.2 Å². The Morgan fingerprint density at radius 2 is 1.84 bits per heavy atom. The average Bonchev–Trinajstić information content (AvgIpc) is 2.52. The third-order valence-corrected chi connectivity index (χ3v) is 4.51. The minimum atomic E-state index is -4.42. The molecule has 2 aromatic rings. The van der Waals surface area contributed by atoms with Crippen molar-refractivity contribution in [2.45, 2.75) is 43.9 Å². The van der Waals surface area contributed by atoms with Gasteiger partial charge in [0.05, 0.1) is 0 Å². The van der Waals surface area contributed by atoms with E-state index in [9.17, 15) is 18.1 Å². The smallest absolute Gasteiger partial charge is 0.872 e. The average molecular weight is 389 g/mol. The molecule has 0 heterocycles. The Hall–Kier alpha value is -0.414. The molecule has 25 heavy (non-hydrogen) atoms. The van der Waals surface area contributed by atoms with E-state index in [0.717, 1.165) is 37.7 Å². The quantitative estimate of drug-likeness (QED) is 0.413. The van der Waals surface area contributed by atoms with Crippen LogP contribution in [-0.4, -0.2) is 13.0 Å². The maximum atomic E-state index is 11.7. The Morgan fingerprint density at radius 1 is 1.08 bits per heavy atom. The minimum Gasteiger partial charge on any atom is -0.872 e. The molecule has 0 unspecified atom stereocenters. The van der Waals surface area contributed by atoms with Crippen LogP contribution in [0.3, 0.4) is 0 Å². The Morgan fingerprint density at radius 3 is 2.48 bits per heavy atom. The number of hydrogen-bond donors (Lipinski definition) is 1. The summed E-state index contributed by atoms with van der Waals surface area (Å²) in [5.74, 6) is -0.0167. The second kappa shape index (κ2) is 10.7. The van der Waals surface area contributed by atoms with Gasteiger partial charge in [0.15, 0.2) is 0 Å². The maximum Gasteiger partial charge on any atom is 1.00 e. The van der Waals surface area contributed by atoms with Gasteiger partial charge in [0.25, 0.3) is 10.1 Å². The van der Waals surface area contributed by atoms with Crippen molar-refractivity contribution in [1.82, 2.24) is 0 Å². The van der Waals surface area contributed by atoms with Crippen LogP contribution >= 0.6 is 0 Å². The van der Waals surface area contributed by atoms with E-state index < -0.39 is 10.1 Å². The number of benzene rings is 2. The summed E-state index contributed by atoms with van der Waals surface area (Å²) >= 11 is 0. The second-order valence-corrected chi connectivity index (χ2v) is 7.03. The molecule has 130 valence electrons. The molecule has 5 nitrogen and oxygen atoms in total. The van der Waals surface area contributed by atoms with Crippen LogP contribution in [0.4, 0.5) is 0 Å². The van der Waals surface area contributed by atoms with E-state index in [4.69, 9.17) is 4.74 Å². The minimum absolute atomic E-state index is 0. The number of hydrogen-bond acceptors (Lipinski definition) is 4. The van der Waals surface area contributed by atoms with Crippen molar-refractivity contribution in [3.05, 3.63) is 48.0 Å². The molecule has 0 aliphatic heterocycles. The van der Waals surface area contributed by atoms with E-state index in [1.54, 1.807) is 12.1 Å². The molecule has 0 aromatic heterocycles. The first kappa shape index (κ1) is 22.6. The Bertz CT molecular complexity index is 790. The van der Waals surface area contributed by atoms with Crippen LogP contribution in [0.15, 0.2) is 47.4 Å². The zero-order chi connectivity index (χ0) is 17.6. The fraction of sp³-hybridized carbons (Fsp3) is 0.333. The van der Waals surface area contributed by atoms with E-state index in [1.807, 2.05) is 0 Å². The van der Waals surface area contributed by atoms with Gasteiger partial charge in [-0.2, -0.15) is 8.42 Å². The molecular formula is C18H21KO5S. The largest absolute Gasteiger partial charge is 1.00 e. The summed E-state index contributed by atoms with van der Waals surface area (Å²) in [6, 6.07) is 10.4. The Labute approximate surface area is 191 Å². The van der Waals surface area contributed by atoms with Crippen molar-refractivity contribution in [3.63, 3.8) is 0 Å². The van der Waals surface area contributed by atoms with Crippen LogP contribution in [0.5, 0.6) is 17.2 Å². The van der Waals surface area contributed by atoms with E-state index in [-0.39, 0.29) is 73.5 Å². The van der Waals surface area contributed by atoms with Gasteiger partial charge in [-0.05, 0) is 42.7 Å². The zero-order valence-corrected chi connectivity index (χ0v) is 18.5. The van der Waals surface area contributed by atoms with Crippen LogP contribution in [0.25, 0.3) is 0 Å². The summed E-state index contributed by atoms with van der Waals surface area (Å²) in [5, 5.41) is 11.3. The van der Waals surface area contributed by atoms with Crippen LogP contribution in [0.2, 0.25) is 0 Å². The first-order chi connectivity index (χ1) is 11.4. The summed E-state index contributed by atoms with van der Waals surface area (Å²) in [6.45, 7) is 2.12. The molecule has 0 atom stereocenters. The van der Waals surface area contributed by atoms with Gasteiger partial charge in [0.2, 0.25) is 0 Å². The molecule has 0 fully saturated rings. The monoisotopic (exact) mass is 388 g/mol. The summed E-state index contributed by atoms with van der Waals surface area (Å²) in [4.78, 5) is -0.285. The molecule has 0 aliphatic carbocycles. The fourth-order valence-corrected chi connectivity index (χ4v) is 3.08. The summed E-state index contributed by atoms with van der Waals surface area (Å²) in [5.41, 5.74) is 0.823. The third-order valence-electron chi connectivity index (χ3n) is 3.64. The van der Waals surface area contributed by atoms with Crippen molar-refractivity contribution in [3.8, 4) is 17.2 Å². The van der Waals surface area contributed by atoms with E-state index >= 15 is 0 Å². The molecular weight excluding hydrogens is 367 g/mol. The topological polar surface area (TPSA) is 86.7 Å². The second-order valence-electron chi connectivity index (χ2n) is 5.64. The Kier molecular flexibility index (Phi) is 9.65. The van der Waals surface area contributed by atoms with Gasteiger partial charge < -0.3 is 9.84 Å². The van der Waals surface area contributed by atoms with E-state index in [2.05, 4.69) is 6.92 Å². The van der Waals surface area contributed by atoms with Gasteiger partial charge in [-0.25, -0.2) is 0 Å². The summed E-state index contributed by atoms with van der Waals surface area (Å²) in [7, 11) is -4.42. The molecule has 0 aliphatic rings. The maximum absolute atomic E-state index is 11.7. The predicted octanol–water partition coefficient (Wildman–Crippen LogP) is 0.926. The number of unbranched alkanes of at least 4 members (excludes halogenated alkanes) is 3. The molecule has 0 spiro atoms. The Balaban J connectivity index is 0.00000312. The van der Waals surface area contributed by atoms with E-state index in [1.165, 1.54) is 30.3 Å². The number of ether oxygens (including phenoxy) is 1. The molecule has 0 saturated heterocycles. The van der Waals surface area contributed by atoms with E-state index in [0.29, 0.717) is 0 Å². The molecule has 2 rings (SSSR count). The van der Waals surface area contributed by atoms with Crippen LogP contribution < -0.4 is 61.2 Å². The SMILES string of the molecule is CCCCCCc1ccc(Oc2cccc([O-])c2)c(S(=O)(=O)O)c1.[K+]. The van der Waals surface area contributed by atoms with Crippen LogP contribution in [-0.2, 0) is 16.5 Å². The fourth-order valence-electron chi connectivity index (χ4n) is 2.41. The van der Waals surface area contributed by atoms with Crippen LogP contribution in [0.1, 0.15) is 38.2 Å². The summed E-state index contributed by atoms with van der Waals surface area (Å²) < 4.78 is 38.2. The first-order valence-corrected chi connectivity index (χ1v) is 9.39. The van der Waals surface area contributed by atoms with Gasteiger partial charge in [-0.1, -0.05) is 44.4 Å². The van der Waals surface area contributed by atoms with Gasteiger partial charge >= 0.3 is 51.4 Å². The number of rotatable bonds is 8.